The van der Waals surface area contributed by atoms with Gasteiger partial charge in [0.2, 0.25) is 0 Å². The molecule has 0 aliphatic rings. The molecule has 0 aliphatic carbocycles. The second-order valence-corrected chi connectivity index (χ2v) is 5.03. The van der Waals surface area contributed by atoms with E-state index in [2.05, 4.69) is 32.9 Å². The van der Waals surface area contributed by atoms with Crippen molar-refractivity contribution in [2.75, 3.05) is 0 Å². The number of rotatable bonds is 12. The van der Waals surface area contributed by atoms with E-state index in [9.17, 15) is 0 Å². The fourth-order valence-corrected chi connectivity index (χ4v) is 2.21. The first-order valence-electron chi connectivity index (χ1n) is 7.58. The average Bonchev–Trinajstić information content (AvgIpc) is 2.35. The van der Waals surface area contributed by atoms with E-state index in [1.165, 1.54) is 57.8 Å². The van der Waals surface area contributed by atoms with Crippen LogP contribution in [0.3, 0.4) is 0 Å². The van der Waals surface area contributed by atoms with Crippen molar-refractivity contribution in [1.82, 2.24) is 0 Å². The highest BCUT2D eigenvalue weighted by Gasteiger charge is 2.03. The van der Waals surface area contributed by atoms with E-state index in [-0.39, 0.29) is 0 Å². The van der Waals surface area contributed by atoms with Gasteiger partial charge in [-0.3, -0.25) is 0 Å². The minimum Gasteiger partial charge on any atom is -0.0885 e. The number of allylic oxidation sites excluding steroid dienone is 2. The Morgan fingerprint density at radius 2 is 1.53 bits per heavy atom. The molecule has 1 atom stereocenters. The van der Waals surface area contributed by atoms with Crippen LogP contribution in [0.5, 0.6) is 0 Å². The summed E-state index contributed by atoms with van der Waals surface area (Å²) in [6, 6.07) is 0. The summed E-state index contributed by atoms with van der Waals surface area (Å²) in [5.74, 6) is 0.901. The van der Waals surface area contributed by atoms with Gasteiger partial charge in [0.1, 0.15) is 0 Å². The minimum atomic E-state index is 0.901. The highest BCUT2D eigenvalue weighted by molar-refractivity contribution is 4.84. The molecule has 0 saturated heterocycles. The van der Waals surface area contributed by atoms with Gasteiger partial charge in [-0.15, -0.1) is 0 Å². The molecular formula is C17H32. The summed E-state index contributed by atoms with van der Waals surface area (Å²) < 4.78 is 0. The standard InChI is InChI=1S/C17H32/c1-4-7-9-10-11-12-14-16-17(6-3)15-13-8-5-2/h8,13,17H,1-2,4-7,9-12,14-16H2,3H3. The first-order valence-corrected chi connectivity index (χ1v) is 7.58. The number of hydrogen-bond donors (Lipinski definition) is 0. The van der Waals surface area contributed by atoms with Crippen molar-refractivity contribution in [3.8, 4) is 0 Å². The molecule has 0 fully saturated rings. The van der Waals surface area contributed by atoms with E-state index in [0.717, 1.165) is 18.8 Å². The van der Waals surface area contributed by atoms with Gasteiger partial charge in [0, 0.05) is 0 Å². The second-order valence-electron chi connectivity index (χ2n) is 5.03. The molecule has 0 aromatic heterocycles. The summed E-state index contributed by atoms with van der Waals surface area (Å²) in [6.07, 6.45) is 18.9. The lowest BCUT2D eigenvalue weighted by Crippen LogP contribution is -1.97. The van der Waals surface area contributed by atoms with Crippen LogP contribution in [0.4, 0.5) is 0 Å². The van der Waals surface area contributed by atoms with Crippen LogP contribution in [0.1, 0.15) is 77.6 Å². The van der Waals surface area contributed by atoms with Gasteiger partial charge in [-0.2, -0.15) is 0 Å². The number of hydrogen-bond acceptors (Lipinski definition) is 0. The lowest BCUT2D eigenvalue weighted by atomic mass is 9.94. The van der Waals surface area contributed by atoms with Crippen molar-refractivity contribution in [3.63, 3.8) is 0 Å². The van der Waals surface area contributed by atoms with E-state index in [0.29, 0.717) is 0 Å². The Labute approximate surface area is 110 Å². The van der Waals surface area contributed by atoms with Crippen LogP contribution in [0.25, 0.3) is 0 Å². The smallest absolute Gasteiger partial charge is 0.0322 e. The molecule has 0 nitrogen and oxygen atoms in total. The van der Waals surface area contributed by atoms with E-state index >= 15 is 0 Å². The molecule has 0 rings (SSSR count). The van der Waals surface area contributed by atoms with Crippen LogP contribution < -0.4 is 0 Å². The van der Waals surface area contributed by atoms with Crippen LogP contribution >= 0.6 is 0 Å². The molecule has 2 radical (unpaired) electrons. The fraction of sp³-hybridized carbons (Fsp3) is 0.765. The largest absolute Gasteiger partial charge is 0.0885 e. The molecule has 0 aromatic carbocycles. The first kappa shape index (κ1) is 16.7. The summed E-state index contributed by atoms with van der Waals surface area (Å²) in [4.78, 5) is 0. The van der Waals surface area contributed by atoms with Crippen molar-refractivity contribution in [2.45, 2.75) is 77.6 Å². The Bertz CT molecular complexity index is 157. The molecule has 0 aromatic rings. The number of unbranched alkanes of at least 4 members (excludes halogenated alkanes) is 6. The molecule has 0 N–H and O–H groups in total. The fourth-order valence-electron chi connectivity index (χ4n) is 2.21. The van der Waals surface area contributed by atoms with Gasteiger partial charge in [-0.1, -0.05) is 83.8 Å². The Balaban J connectivity index is 3.34. The summed E-state index contributed by atoms with van der Waals surface area (Å²) in [7, 11) is 0. The highest BCUT2D eigenvalue weighted by Crippen LogP contribution is 2.18. The van der Waals surface area contributed by atoms with Gasteiger partial charge in [0.25, 0.3) is 0 Å². The lowest BCUT2D eigenvalue weighted by Gasteiger charge is -2.12. The van der Waals surface area contributed by atoms with Crippen molar-refractivity contribution < 1.29 is 0 Å². The Morgan fingerprint density at radius 1 is 0.882 bits per heavy atom. The summed E-state index contributed by atoms with van der Waals surface area (Å²) in [5.41, 5.74) is 0. The molecule has 0 heteroatoms. The molecule has 17 heavy (non-hydrogen) atoms. The zero-order chi connectivity index (χ0) is 12.8. The molecule has 0 heterocycles. The predicted molar refractivity (Wildman–Crippen MR) is 79.8 cm³/mol. The SMILES string of the molecule is [CH2]CC=CCC(CC)CCCCCCCC[CH2]. The molecule has 0 amide bonds. The summed E-state index contributed by atoms with van der Waals surface area (Å²) in [5, 5.41) is 0. The quantitative estimate of drug-likeness (QED) is 0.282. The van der Waals surface area contributed by atoms with Gasteiger partial charge >= 0.3 is 0 Å². The summed E-state index contributed by atoms with van der Waals surface area (Å²) in [6.45, 7) is 10.0. The van der Waals surface area contributed by atoms with Crippen LogP contribution in [-0.2, 0) is 0 Å². The Morgan fingerprint density at radius 3 is 2.12 bits per heavy atom. The van der Waals surface area contributed by atoms with Crippen LogP contribution in [-0.4, -0.2) is 0 Å². The molecule has 0 aliphatic heterocycles. The molecule has 100 valence electrons. The van der Waals surface area contributed by atoms with E-state index < -0.39 is 0 Å². The monoisotopic (exact) mass is 236 g/mol. The molecule has 0 spiro atoms. The van der Waals surface area contributed by atoms with Gasteiger partial charge in [0.05, 0.1) is 0 Å². The zero-order valence-corrected chi connectivity index (χ0v) is 11.9. The zero-order valence-electron chi connectivity index (χ0n) is 11.9. The first-order chi connectivity index (χ1) is 8.35. The van der Waals surface area contributed by atoms with Crippen molar-refractivity contribution in [2.24, 2.45) is 5.92 Å². The maximum atomic E-state index is 3.88. The van der Waals surface area contributed by atoms with Crippen LogP contribution in [0.15, 0.2) is 12.2 Å². The van der Waals surface area contributed by atoms with Crippen molar-refractivity contribution in [1.29, 1.82) is 0 Å². The maximum absolute atomic E-state index is 3.88. The van der Waals surface area contributed by atoms with Gasteiger partial charge < -0.3 is 0 Å². The third kappa shape index (κ3) is 12.0. The molecule has 0 saturated carbocycles. The van der Waals surface area contributed by atoms with E-state index in [1.807, 2.05) is 0 Å². The maximum Gasteiger partial charge on any atom is -0.0322 e. The van der Waals surface area contributed by atoms with Gasteiger partial charge in [0.15, 0.2) is 0 Å². The van der Waals surface area contributed by atoms with E-state index in [1.54, 1.807) is 0 Å². The minimum absolute atomic E-state index is 0.901. The third-order valence-corrected chi connectivity index (χ3v) is 3.49. The van der Waals surface area contributed by atoms with Gasteiger partial charge in [-0.05, 0) is 25.7 Å². The summed E-state index contributed by atoms with van der Waals surface area (Å²) >= 11 is 0. The second kappa shape index (κ2) is 13.8. The Kier molecular flexibility index (Phi) is 13.6. The Hall–Kier alpha value is -0.260. The average molecular weight is 236 g/mol. The normalized spacial score (nSPS) is 13.4. The van der Waals surface area contributed by atoms with Crippen LogP contribution in [0.2, 0.25) is 0 Å². The highest BCUT2D eigenvalue weighted by atomic mass is 14.1. The predicted octanol–water partition coefficient (Wildman–Crippen LogP) is 6.14. The lowest BCUT2D eigenvalue weighted by molar-refractivity contribution is 0.442. The molecular weight excluding hydrogens is 204 g/mol. The molecule has 0 bridgehead atoms. The van der Waals surface area contributed by atoms with Gasteiger partial charge in [-0.25, -0.2) is 0 Å². The topological polar surface area (TPSA) is 0 Å². The third-order valence-electron chi connectivity index (χ3n) is 3.49. The van der Waals surface area contributed by atoms with Crippen molar-refractivity contribution >= 4 is 0 Å². The molecule has 1 unspecified atom stereocenters. The van der Waals surface area contributed by atoms with Crippen molar-refractivity contribution in [3.05, 3.63) is 26.0 Å². The van der Waals surface area contributed by atoms with E-state index in [4.69, 9.17) is 0 Å². The van der Waals surface area contributed by atoms with Crippen LogP contribution in [0, 0.1) is 19.8 Å².